The normalized spacial score (nSPS) is 9.40. The second kappa shape index (κ2) is 3.14. The van der Waals surface area contributed by atoms with Crippen LogP contribution in [0.5, 0.6) is 0 Å². The summed E-state index contributed by atoms with van der Waals surface area (Å²) < 4.78 is 0. The molecule has 0 saturated heterocycles. The molecule has 0 unspecified atom stereocenters. The highest BCUT2D eigenvalue weighted by Gasteiger charge is 1.90. The number of nitrogens with one attached hydrogen (secondary N) is 1. The Morgan fingerprint density at radius 1 is 1.60 bits per heavy atom. The van der Waals surface area contributed by atoms with E-state index >= 15 is 0 Å². The van der Waals surface area contributed by atoms with E-state index in [0.29, 0.717) is 12.4 Å². The zero-order valence-corrected chi connectivity index (χ0v) is 5.54. The molecule has 0 bridgehead atoms. The molecule has 5 N–H and O–H groups in total. The van der Waals surface area contributed by atoms with Crippen LogP contribution in [0.4, 0.5) is 5.82 Å². The second-order valence-corrected chi connectivity index (χ2v) is 1.90. The first-order valence-electron chi connectivity index (χ1n) is 2.98. The van der Waals surface area contributed by atoms with E-state index in [0.717, 1.165) is 5.56 Å². The number of hydrogen-bond donors (Lipinski definition) is 3. The molecule has 0 radical (unpaired) electrons. The zero-order valence-electron chi connectivity index (χ0n) is 5.54. The molecule has 0 fully saturated rings. The molecule has 0 atom stereocenters. The number of hydrogen-bond acceptors (Lipinski definition) is 4. The summed E-state index contributed by atoms with van der Waals surface area (Å²) in [4.78, 5) is 3.91. The van der Waals surface area contributed by atoms with Crippen molar-refractivity contribution in [1.82, 2.24) is 4.98 Å². The monoisotopic (exact) mass is 138 g/mol. The molecule has 54 valence electrons. The minimum atomic E-state index is 0.511. The third-order valence-electron chi connectivity index (χ3n) is 1.21. The van der Waals surface area contributed by atoms with E-state index in [2.05, 4.69) is 10.4 Å². The first kappa shape index (κ1) is 6.98. The van der Waals surface area contributed by atoms with Crippen LogP contribution in [-0.4, -0.2) is 4.98 Å². The lowest BCUT2D eigenvalue weighted by molar-refractivity contribution is 1.05. The maximum Gasteiger partial charge on any atom is 0.140 e. The van der Waals surface area contributed by atoms with E-state index in [4.69, 9.17) is 11.6 Å². The average Bonchev–Trinajstić information content (AvgIpc) is 2.05. The summed E-state index contributed by atoms with van der Waals surface area (Å²) in [5.41, 5.74) is 8.83. The van der Waals surface area contributed by atoms with Gasteiger partial charge in [-0.1, -0.05) is 0 Å². The van der Waals surface area contributed by atoms with Gasteiger partial charge in [-0.15, -0.1) is 0 Å². The van der Waals surface area contributed by atoms with Gasteiger partial charge in [0.05, 0.1) is 0 Å². The number of nitrogen functional groups attached to an aromatic ring is 1. The van der Waals surface area contributed by atoms with Crippen LogP contribution < -0.4 is 17.0 Å². The van der Waals surface area contributed by atoms with Gasteiger partial charge in [0.1, 0.15) is 5.82 Å². The van der Waals surface area contributed by atoms with Gasteiger partial charge in [-0.2, -0.15) is 0 Å². The van der Waals surface area contributed by atoms with Crippen molar-refractivity contribution in [2.24, 2.45) is 11.6 Å². The minimum Gasteiger partial charge on any atom is -0.326 e. The fraction of sp³-hybridized carbons (Fsp3) is 0.167. The van der Waals surface area contributed by atoms with E-state index < -0.39 is 0 Å². The number of rotatable bonds is 2. The van der Waals surface area contributed by atoms with E-state index in [9.17, 15) is 0 Å². The molecule has 0 saturated carbocycles. The van der Waals surface area contributed by atoms with E-state index in [1.807, 2.05) is 6.07 Å². The molecule has 0 spiro atoms. The molecule has 1 aromatic rings. The molecule has 1 rings (SSSR count). The molecule has 0 aliphatic heterocycles. The van der Waals surface area contributed by atoms with Crippen molar-refractivity contribution in [3.63, 3.8) is 0 Å². The third kappa shape index (κ3) is 1.43. The number of hydrazine groups is 1. The summed E-state index contributed by atoms with van der Waals surface area (Å²) in [7, 11) is 0. The smallest absolute Gasteiger partial charge is 0.140 e. The van der Waals surface area contributed by atoms with Crippen LogP contribution in [0.2, 0.25) is 0 Å². The van der Waals surface area contributed by atoms with Crippen LogP contribution in [0, 0.1) is 0 Å². The van der Waals surface area contributed by atoms with Crippen LogP contribution in [0.25, 0.3) is 0 Å². The first-order valence-corrected chi connectivity index (χ1v) is 2.98. The second-order valence-electron chi connectivity index (χ2n) is 1.90. The van der Waals surface area contributed by atoms with Crippen LogP contribution in [-0.2, 0) is 6.54 Å². The molecular formula is C6H10N4. The van der Waals surface area contributed by atoms with Crippen molar-refractivity contribution in [2.75, 3.05) is 5.43 Å². The van der Waals surface area contributed by atoms with Crippen molar-refractivity contribution in [2.45, 2.75) is 6.54 Å². The quantitative estimate of drug-likeness (QED) is 0.391. The molecular weight excluding hydrogens is 128 g/mol. The molecule has 0 aliphatic rings. The summed E-state index contributed by atoms with van der Waals surface area (Å²) in [6.07, 6.45) is 1.66. The fourth-order valence-electron chi connectivity index (χ4n) is 0.680. The highest BCUT2D eigenvalue weighted by Crippen LogP contribution is 2.03. The average molecular weight is 138 g/mol. The van der Waals surface area contributed by atoms with Gasteiger partial charge < -0.3 is 11.2 Å². The fourth-order valence-corrected chi connectivity index (χ4v) is 0.680. The van der Waals surface area contributed by atoms with Gasteiger partial charge in [0.25, 0.3) is 0 Å². The predicted octanol–water partition coefficient (Wildman–Crippen LogP) is -0.174. The van der Waals surface area contributed by atoms with E-state index in [1.165, 1.54) is 0 Å². The van der Waals surface area contributed by atoms with Gasteiger partial charge in [0, 0.05) is 12.7 Å². The molecule has 10 heavy (non-hydrogen) atoms. The molecule has 4 nitrogen and oxygen atoms in total. The van der Waals surface area contributed by atoms with Crippen molar-refractivity contribution >= 4 is 5.82 Å². The minimum absolute atomic E-state index is 0.511. The highest BCUT2D eigenvalue weighted by atomic mass is 15.2. The van der Waals surface area contributed by atoms with Gasteiger partial charge >= 0.3 is 0 Å². The Hall–Kier alpha value is -1.13. The van der Waals surface area contributed by atoms with Crippen molar-refractivity contribution in [1.29, 1.82) is 0 Å². The summed E-state index contributed by atoms with van der Waals surface area (Å²) in [6.45, 7) is 0.511. The molecule has 1 heterocycles. The number of aromatic nitrogens is 1. The number of anilines is 1. The standard InChI is InChI=1S/C6H10N4/c7-4-5-1-2-9-6(3-5)10-8/h1-3H,4,7-8H2,(H,9,10). The Balaban J connectivity index is 2.87. The first-order chi connectivity index (χ1) is 4.86. The van der Waals surface area contributed by atoms with Gasteiger partial charge in [-0.05, 0) is 17.7 Å². The summed E-state index contributed by atoms with van der Waals surface area (Å²) >= 11 is 0. The molecule has 0 aliphatic carbocycles. The largest absolute Gasteiger partial charge is 0.326 e. The number of nitrogens with two attached hydrogens (primary N) is 2. The molecule has 4 heteroatoms. The molecule has 0 aromatic carbocycles. The van der Waals surface area contributed by atoms with Gasteiger partial charge in [0.2, 0.25) is 0 Å². The zero-order chi connectivity index (χ0) is 7.40. The van der Waals surface area contributed by atoms with Crippen molar-refractivity contribution < 1.29 is 0 Å². The lowest BCUT2D eigenvalue weighted by Gasteiger charge is -1.99. The SMILES string of the molecule is NCc1ccnc(NN)c1. The van der Waals surface area contributed by atoms with Crippen molar-refractivity contribution in [3.8, 4) is 0 Å². The van der Waals surface area contributed by atoms with Crippen molar-refractivity contribution in [3.05, 3.63) is 23.9 Å². The third-order valence-corrected chi connectivity index (χ3v) is 1.21. The van der Waals surface area contributed by atoms with Crippen LogP contribution in [0.3, 0.4) is 0 Å². The van der Waals surface area contributed by atoms with Gasteiger partial charge in [-0.3, -0.25) is 0 Å². The summed E-state index contributed by atoms with van der Waals surface area (Å²) in [5.74, 6) is 5.76. The van der Waals surface area contributed by atoms with Gasteiger partial charge in [-0.25, -0.2) is 10.8 Å². The number of nitrogens with zero attached hydrogens (tertiary/aromatic N) is 1. The number of pyridine rings is 1. The maximum atomic E-state index is 5.38. The van der Waals surface area contributed by atoms with Crippen LogP contribution in [0.1, 0.15) is 5.56 Å². The van der Waals surface area contributed by atoms with E-state index in [1.54, 1.807) is 12.3 Å². The van der Waals surface area contributed by atoms with E-state index in [-0.39, 0.29) is 0 Å². The predicted molar refractivity (Wildman–Crippen MR) is 39.9 cm³/mol. The molecule has 0 amide bonds. The lowest BCUT2D eigenvalue weighted by Crippen LogP contribution is -2.09. The lowest BCUT2D eigenvalue weighted by atomic mass is 10.3. The van der Waals surface area contributed by atoms with Gasteiger partial charge in [0.15, 0.2) is 0 Å². The topological polar surface area (TPSA) is 77.0 Å². The Morgan fingerprint density at radius 2 is 2.40 bits per heavy atom. The maximum absolute atomic E-state index is 5.38. The Kier molecular flexibility index (Phi) is 2.20. The summed E-state index contributed by atoms with van der Waals surface area (Å²) in [6, 6.07) is 3.65. The Labute approximate surface area is 59.2 Å². The van der Waals surface area contributed by atoms with Crippen LogP contribution in [0.15, 0.2) is 18.3 Å². The molecule has 1 aromatic heterocycles. The van der Waals surface area contributed by atoms with Crippen LogP contribution >= 0.6 is 0 Å². The highest BCUT2D eigenvalue weighted by molar-refractivity contribution is 5.35. The summed E-state index contributed by atoms with van der Waals surface area (Å²) in [5, 5.41) is 0. The Morgan fingerprint density at radius 3 is 3.00 bits per heavy atom. The Bertz CT molecular complexity index is 191.